The third-order valence-corrected chi connectivity index (χ3v) is 15.9. The lowest BCUT2D eigenvalue weighted by Crippen LogP contribution is -2.53. The molecule has 308 valence electrons. The normalized spacial score (nSPS) is 11.8. The van der Waals surface area contributed by atoms with Gasteiger partial charge < -0.3 is 27.1 Å². The van der Waals surface area contributed by atoms with Crippen LogP contribution in [0.1, 0.15) is 101 Å². The van der Waals surface area contributed by atoms with Crippen molar-refractivity contribution in [1.29, 1.82) is 0 Å². The van der Waals surface area contributed by atoms with Crippen molar-refractivity contribution in [3.8, 4) is 34.5 Å². The lowest BCUT2D eigenvalue weighted by Gasteiger charge is -2.30. The molecule has 0 fully saturated rings. The maximum absolute atomic E-state index is 6.95. The van der Waals surface area contributed by atoms with Crippen LogP contribution in [-0.4, -0.2) is 8.07 Å². The van der Waals surface area contributed by atoms with E-state index in [0.29, 0.717) is 11.5 Å². The van der Waals surface area contributed by atoms with Crippen LogP contribution in [0, 0.1) is 0 Å². The number of benzene rings is 6. The maximum Gasteiger partial charge on any atom is 0.530 e. The number of rotatable bonds is 18. The van der Waals surface area contributed by atoms with Crippen molar-refractivity contribution in [3.63, 3.8) is 0 Å². The Morgan fingerprint density at radius 3 is 0.763 bits per heavy atom. The van der Waals surface area contributed by atoms with Crippen LogP contribution in [0.2, 0.25) is 13.1 Å². The van der Waals surface area contributed by atoms with Gasteiger partial charge in [0.2, 0.25) is 0 Å². The number of para-hydroxylation sites is 6. The highest BCUT2D eigenvalue weighted by molar-refractivity contribution is 7.43. The summed E-state index contributed by atoms with van der Waals surface area (Å²) < 4.78 is 40.9. The van der Waals surface area contributed by atoms with E-state index in [1.165, 1.54) is 0 Å². The summed E-state index contributed by atoms with van der Waals surface area (Å²) >= 11 is 0. The van der Waals surface area contributed by atoms with Crippen molar-refractivity contribution in [2.75, 3.05) is 0 Å². The molecule has 6 nitrogen and oxygen atoms in total. The van der Waals surface area contributed by atoms with Gasteiger partial charge in [0.05, 0.1) is 0 Å². The van der Waals surface area contributed by atoms with E-state index < -0.39 is 25.3 Å². The zero-order valence-electron chi connectivity index (χ0n) is 36.0. The molecular weight excluding hydrogens is 787 g/mol. The van der Waals surface area contributed by atoms with Gasteiger partial charge in [0, 0.05) is 0 Å². The zero-order chi connectivity index (χ0) is 42.1. The van der Waals surface area contributed by atoms with Crippen LogP contribution in [0.15, 0.2) is 146 Å². The summed E-state index contributed by atoms with van der Waals surface area (Å²) in [5.41, 5.74) is 4.36. The van der Waals surface area contributed by atoms with Crippen LogP contribution in [0.5, 0.6) is 34.5 Å². The lowest BCUT2D eigenvalue weighted by atomic mass is 10.0. The minimum Gasteiger partial charge on any atom is -0.409 e. The summed E-state index contributed by atoms with van der Waals surface area (Å²) in [5.74, 6) is 5.39. The van der Waals surface area contributed by atoms with Gasteiger partial charge >= 0.3 is 17.2 Å². The van der Waals surface area contributed by atoms with E-state index in [0.717, 1.165) is 55.6 Å². The van der Waals surface area contributed by atoms with E-state index in [9.17, 15) is 0 Å². The van der Waals surface area contributed by atoms with E-state index >= 15 is 0 Å². The Morgan fingerprint density at radius 2 is 0.508 bits per heavy atom. The molecule has 6 rings (SSSR count). The van der Waals surface area contributed by atoms with Gasteiger partial charge in [-0.15, -0.1) is 0 Å². The Hall–Kier alpha value is -4.80. The molecule has 0 amide bonds. The van der Waals surface area contributed by atoms with E-state index in [-0.39, 0.29) is 23.7 Å². The summed E-state index contributed by atoms with van der Waals surface area (Å²) in [6.07, 6.45) is 0. The Bertz CT molecular complexity index is 2020. The predicted molar refractivity (Wildman–Crippen MR) is 249 cm³/mol. The Morgan fingerprint density at radius 1 is 0.305 bits per heavy atom. The van der Waals surface area contributed by atoms with Crippen LogP contribution in [0.25, 0.3) is 0 Å². The first kappa shape index (κ1) is 43.8. The smallest absolute Gasteiger partial charge is 0.409 e. The van der Waals surface area contributed by atoms with Crippen molar-refractivity contribution in [3.05, 3.63) is 168 Å². The van der Waals surface area contributed by atoms with Crippen molar-refractivity contribution < 1.29 is 27.1 Å². The van der Waals surface area contributed by atoms with E-state index in [1.807, 2.05) is 97.1 Å². The van der Waals surface area contributed by atoms with Crippen molar-refractivity contribution in [1.82, 2.24) is 0 Å². The van der Waals surface area contributed by atoms with E-state index in [1.54, 1.807) is 0 Å². The summed E-state index contributed by atoms with van der Waals surface area (Å²) in [6.45, 7) is 21.9. The molecule has 0 aliphatic rings. The third-order valence-electron chi connectivity index (χ3n) is 10.3. The Kier molecular flexibility index (Phi) is 14.8. The fourth-order valence-corrected chi connectivity index (χ4v) is 12.2. The van der Waals surface area contributed by atoms with Gasteiger partial charge in [-0.25, -0.2) is 0 Å². The van der Waals surface area contributed by atoms with Crippen LogP contribution in [-0.2, 0) is 0 Å². The molecule has 0 saturated heterocycles. The van der Waals surface area contributed by atoms with Crippen LogP contribution < -0.4 is 37.5 Å². The van der Waals surface area contributed by atoms with Gasteiger partial charge in [0.15, 0.2) is 0 Å². The highest BCUT2D eigenvalue weighted by Gasteiger charge is 2.36. The monoisotopic (exact) mass is 844 g/mol. The highest BCUT2D eigenvalue weighted by atomic mass is 31.2. The number of hydrogen-bond donors (Lipinski definition) is 0. The quantitative estimate of drug-likeness (QED) is 0.0634. The molecule has 59 heavy (non-hydrogen) atoms. The molecule has 0 unspecified atom stereocenters. The predicted octanol–water partition coefficient (Wildman–Crippen LogP) is 14.5. The van der Waals surface area contributed by atoms with Crippen molar-refractivity contribution >= 4 is 35.7 Å². The summed E-state index contributed by atoms with van der Waals surface area (Å²) in [7, 11) is -6.50. The minimum atomic E-state index is -2.61. The molecule has 0 aliphatic carbocycles. The SMILES string of the molecule is CC(C)c1ccccc1OP(Oc1ccccc1C(C)C)Oc1ccccc1[Si](C)(C)c1ccccc1OP(Oc1ccccc1C(C)C)Oc1ccccc1C(C)C. The summed E-state index contributed by atoms with van der Waals surface area (Å²) in [6, 6.07) is 49.0. The van der Waals surface area contributed by atoms with Gasteiger partial charge in [0.1, 0.15) is 42.6 Å². The van der Waals surface area contributed by atoms with Gasteiger partial charge in [0.25, 0.3) is 0 Å². The molecule has 0 aliphatic heterocycles. The molecule has 0 spiro atoms. The molecule has 0 aromatic heterocycles. The maximum atomic E-state index is 6.95. The Labute approximate surface area is 355 Å². The first-order chi connectivity index (χ1) is 28.3. The fraction of sp³-hybridized carbons (Fsp3) is 0.280. The van der Waals surface area contributed by atoms with Crippen molar-refractivity contribution in [2.45, 2.75) is 92.2 Å². The average Bonchev–Trinajstić information content (AvgIpc) is 3.21. The Balaban J connectivity index is 1.38. The summed E-state index contributed by atoms with van der Waals surface area (Å²) in [5, 5.41) is 2.15. The van der Waals surface area contributed by atoms with Gasteiger partial charge in [-0.05, 0) is 92.7 Å². The molecule has 6 aromatic carbocycles. The van der Waals surface area contributed by atoms with E-state index in [2.05, 4.69) is 117 Å². The second-order valence-electron chi connectivity index (χ2n) is 16.4. The molecular formula is C50H58O6P2Si. The average molecular weight is 845 g/mol. The molecule has 9 heteroatoms. The number of hydrogen-bond acceptors (Lipinski definition) is 6. The van der Waals surface area contributed by atoms with Gasteiger partial charge in [-0.3, -0.25) is 0 Å². The first-order valence-corrected chi connectivity index (χ1v) is 25.7. The van der Waals surface area contributed by atoms with E-state index in [4.69, 9.17) is 27.1 Å². The fourth-order valence-electron chi connectivity index (χ4n) is 7.03. The first-order valence-electron chi connectivity index (χ1n) is 20.6. The topological polar surface area (TPSA) is 55.4 Å². The summed E-state index contributed by atoms with van der Waals surface area (Å²) in [4.78, 5) is 0. The molecule has 0 bridgehead atoms. The minimum absolute atomic E-state index is 0.247. The van der Waals surface area contributed by atoms with Crippen LogP contribution in [0.4, 0.5) is 0 Å². The van der Waals surface area contributed by atoms with Crippen LogP contribution in [0.3, 0.4) is 0 Å². The zero-order valence-corrected chi connectivity index (χ0v) is 38.8. The molecule has 0 atom stereocenters. The third kappa shape index (κ3) is 10.9. The largest absolute Gasteiger partial charge is 0.530 e. The van der Waals surface area contributed by atoms with Gasteiger partial charge in [-0.2, -0.15) is 0 Å². The molecule has 0 saturated carbocycles. The second kappa shape index (κ2) is 20.0. The second-order valence-corrected chi connectivity index (χ2v) is 22.7. The van der Waals surface area contributed by atoms with Crippen LogP contribution >= 0.6 is 17.2 Å². The van der Waals surface area contributed by atoms with Gasteiger partial charge in [-0.1, -0.05) is 178 Å². The lowest BCUT2D eigenvalue weighted by molar-refractivity contribution is 0.383. The molecule has 0 radical (unpaired) electrons. The molecule has 0 N–H and O–H groups in total. The molecule has 0 heterocycles. The molecule has 6 aromatic rings. The highest BCUT2D eigenvalue weighted by Crippen LogP contribution is 2.48. The van der Waals surface area contributed by atoms with Crippen molar-refractivity contribution in [2.24, 2.45) is 0 Å². The standard InChI is InChI=1S/C50H58O6P2Si/c1-35(2)39-23-11-15-27-43(39)51-57(52-44-28-16-12-24-40(44)36(3)4)55-47-31-19-21-33-49(47)59(9,10)50-34-22-20-32-48(50)56-58(53-45-29-17-13-25-41(45)37(5)6)54-46-30-18-14-26-42(46)38(7)8/h11-38H,1-10H3.